The Morgan fingerprint density at radius 3 is 2.25 bits per heavy atom. The fourth-order valence-electron chi connectivity index (χ4n) is 3.32. The molecule has 32 heavy (non-hydrogen) atoms. The third-order valence-corrected chi connectivity index (χ3v) is 4.93. The zero-order valence-electron chi connectivity index (χ0n) is 17.2. The molecule has 0 unspecified atom stereocenters. The van der Waals surface area contributed by atoms with E-state index in [1.54, 1.807) is 31.4 Å². The highest BCUT2D eigenvalue weighted by Gasteiger charge is 2.17. The van der Waals surface area contributed by atoms with Gasteiger partial charge in [0.25, 0.3) is 0 Å². The molecule has 0 saturated carbocycles. The Hall–Kier alpha value is -4.59. The molecule has 0 aliphatic heterocycles. The van der Waals surface area contributed by atoms with E-state index in [9.17, 15) is 5.11 Å². The molecule has 4 N–H and O–H groups in total. The number of hydrogen-bond donors (Lipinski definition) is 4. The molecule has 0 fully saturated rings. The Morgan fingerprint density at radius 1 is 0.812 bits per heavy atom. The summed E-state index contributed by atoms with van der Waals surface area (Å²) < 4.78 is 5.25. The van der Waals surface area contributed by atoms with Crippen LogP contribution in [0.1, 0.15) is 0 Å². The van der Waals surface area contributed by atoms with E-state index in [0.717, 1.165) is 28.1 Å². The number of hydrogen-bond acceptors (Lipinski definition) is 7. The van der Waals surface area contributed by atoms with E-state index in [0.29, 0.717) is 23.1 Å². The van der Waals surface area contributed by atoms with Crippen molar-refractivity contribution in [3.05, 3.63) is 78.9 Å². The topological polar surface area (TPSA) is 108 Å². The molecule has 2 heterocycles. The smallest absolute Gasteiger partial charge is 0.188 e. The van der Waals surface area contributed by atoms with Gasteiger partial charge in [0, 0.05) is 16.9 Å². The Bertz CT molecular complexity index is 1350. The van der Waals surface area contributed by atoms with Crippen LogP contribution in [0, 0.1) is 0 Å². The normalized spacial score (nSPS) is 10.8. The van der Waals surface area contributed by atoms with E-state index < -0.39 is 0 Å². The van der Waals surface area contributed by atoms with Crippen molar-refractivity contribution in [2.45, 2.75) is 0 Å². The summed E-state index contributed by atoms with van der Waals surface area (Å²) in [5, 5.41) is 24.5. The second kappa shape index (κ2) is 8.27. The molecule has 0 radical (unpaired) electrons. The average Bonchev–Trinajstić information content (AvgIpc) is 3.23. The lowest BCUT2D eigenvalue weighted by atomic mass is 10.2. The van der Waals surface area contributed by atoms with Gasteiger partial charge < -0.3 is 20.5 Å². The zero-order valence-corrected chi connectivity index (χ0v) is 17.2. The summed E-state index contributed by atoms with van der Waals surface area (Å²) in [7, 11) is 1.63. The first-order valence-corrected chi connectivity index (χ1v) is 9.98. The lowest BCUT2D eigenvalue weighted by Crippen LogP contribution is -2.00. The van der Waals surface area contributed by atoms with Crippen LogP contribution in [0.2, 0.25) is 0 Å². The Morgan fingerprint density at radius 2 is 1.53 bits per heavy atom. The SMILES string of the molecule is COc1ccc(Nc2nc(-c3ccc(O)cc3)nc3n[nH]c(Nc4ccccc4)c23)cc1. The second-order valence-corrected chi connectivity index (χ2v) is 7.08. The van der Waals surface area contributed by atoms with Crippen molar-refractivity contribution in [1.82, 2.24) is 20.2 Å². The number of ether oxygens (including phenoxy) is 1. The maximum Gasteiger partial charge on any atom is 0.188 e. The summed E-state index contributed by atoms with van der Waals surface area (Å²) in [6.07, 6.45) is 0. The highest BCUT2D eigenvalue weighted by molar-refractivity contribution is 5.99. The van der Waals surface area contributed by atoms with Gasteiger partial charge in [-0.05, 0) is 60.7 Å². The molecule has 0 atom stereocenters. The van der Waals surface area contributed by atoms with Gasteiger partial charge >= 0.3 is 0 Å². The Kier molecular flexibility index (Phi) is 5.01. The van der Waals surface area contributed by atoms with Gasteiger partial charge in [-0.15, -0.1) is 0 Å². The standard InChI is InChI=1S/C24H20N6O2/c1-32-19-13-9-17(10-14-19)25-22-20-23(26-16-5-3-2-4-6-16)29-30-24(20)28-21(27-22)15-7-11-18(31)12-8-15/h2-14,31H,1H3,(H3,25,26,27,28,29,30). The molecule has 0 bridgehead atoms. The van der Waals surface area contributed by atoms with Crippen molar-refractivity contribution >= 4 is 34.0 Å². The van der Waals surface area contributed by atoms with Crippen LogP contribution >= 0.6 is 0 Å². The van der Waals surface area contributed by atoms with Crippen LogP contribution in [0.25, 0.3) is 22.4 Å². The molecule has 0 amide bonds. The summed E-state index contributed by atoms with van der Waals surface area (Å²) in [5.74, 6) is 2.71. The molecule has 158 valence electrons. The molecule has 0 aliphatic rings. The molecule has 3 aromatic carbocycles. The quantitative estimate of drug-likeness (QED) is 0.296. The van der Waals surface area contributed by atoms with Crippen LogP contribution in [0.5, 0.6) is 11.5 Å². The second-order valence-electron chi connectivity index (χ2n) is 7.08. The van der Waals surface area contributed by atoms with E-state index in [-0.39, 0.29) is 5.75 Å². The first-order chi connectivity index (χ1) is 15.7. The van der Waals surface area contributed by atoms with E-state index in [2.05, 4.69) is 25.8 Å². The van der Waals surface area contributed by atoms with Crippen molar-refractivity contribution < 1.29 is 9.84 Å². The first kappa shape index (κ1) is 19.4. The van der Waals surface area contributed by atoms with E-state index >= 15 is 0 Å². The van der Waals surface area contributed by atoms with Crippen molar-refractivity contribution in [2.75, 3.05) is 17.7 Å². The van der Waals surface area contributed by atoms with Crippen LogP contribution < -0.4 is 15.4 Å². The first-order valence-electron chi connectivity index (χ1n) is 9.98. The summed E-state index contributed by atoms with van der Waals surface area (Å²) in [6, 6.07) is 24.1. The molecular formula is C24H20N6O2. The number of benzene rings is 3. The monoisotopic (exact) mass is 424 g/mol. The number of methoxy groups -OCH3 is 1. The van der Waals surface area contributed by atoms with Crippen LogP contribution in [0.15, 0.2) is 78.9 Å². The minimum Gasteiger partial charge on any atom is -0.508 e. The van der Waals surface area contributed by atoms with E-state index in [1.165, 1.54) is 0 Å². The predicted molar refractivity (Wildman–Crippen MR) is 125 cm³/mol. The van der Waals surface area contributed by atoms with Gasteiger partial charge in [-0.2, -0.15) is 5.10 Å². The number of nitrogens with zero attached hydrogens (tertiary/aromatic N) is 3. The minimum absolute atomic E-state index is 0.181. The number of phenolic OH excluding ortho intramolecular Hbond substituents is 1. The third kappa shape index (κ3) is 3.89. The maximum atomic E-state index is 9.62. The van der Waals surface area contributed by atoms with Crippen molar-refractivity contribution in [3.8, 4) is 22.9 Å². The molecule has 5 aromatic rings. The van der Waals surface area contributed by atoms with E-state index in [1.807, 2.05) is 54.6 Å². The van der Waals surface area contributed by atoms with Gasteiger partial charge in [0.15, 0.2) is 11.5 Å². The molecule has 0 spiro atoms. The molecule has 0 aliphatic carbocycles. The fourth-order valence-corrected chi connectivity index (χ4v) is 3.32. The highest BCUT2D eigenvalue weighted by Crippen LogP contribution is 2.33. The summed E-state index contributed by atoms with van der Waals surface area (Å²) >= 11 is 0. The van der Waals surface area contributed by atoms with Gasteiger partial charge in [0.1, 0.15) is 28.5 Å². The van der Waals surface area contributed by atoms with Crippen LogP contribution in [0.3, 0.4) is 0 Å². The third-order valence-electron chi connectivity index (χ3n) is 4.93. The number of aromatic hydroxyl groups is 1. The number of aromatic nitrogens is 4. The summed E-state index contributed by atoms with van der Waals surface area (Å²) in [6.45, 7) is 0. The number of phenols is 1. The number of rotatable bonds is 6. The van der Waals surface area contributed by atoms with Gasteiger partial charge in [0.2, 0.25) is 0 Å². The van der Waals surface area contributed by atoms with Gasteiger partial charge in [-0.1, -0.05) is 18.2 Å². The number of fused-ring (bicyclic) bond motifs is 1. The van der Waals surface area contributed by atoms with Gasteiger partial charge in [-0.3, -0.25) is 5.10 Å². The molecule has 8 heteroatoms. The number of para-hydroxylation sites is 1. The zero-order chi connectivity index (χ0) is 21.9. The van der Waals surface area contributed by atoms with Crippen LogP contribution in [0.4, 0.5) is 23.0 Å². The summed E-state index contributed by atoms with van der Waals surface area (Å²) in [5.41, 5.74) is 3.03. The summed E-state index contributed by atoms with van der Waals surface area (Å²) in [4.78, 5) is 9.41. The van der Waals surface area contributed by atoms with E-state index in [4.69, 9.17) is 9.72 Å². The molecule has 2 aromatic heterocycles. The molecular weight excluding hydrogens is 404 g/mol. The molecule has 5 rings (SSSR count). The predicted octanol–water partition coefficient (Wildman–Crippen LogP) is 5.22. The number of aromatic amines is 1. The van der Waals surface area contributed by atoms with Crippen molar-refractivity contribution in [1.29, 1.82) is 0 Å². The van der Waals surface area contributed by atoms with Crippen LogP contribution in [-0.2, 0) is 0 Å². The Labute approximate surface area is 183 Å². The number of anilines is 4. The number of H-pyrrole nitrogens is 1. The Balaban J connectivity index is 1.61. The molecule has 0 saturated heterocycles. The lowest BCUT2D eigenvalue weighted by molar-refractivity contribution is 0.415. The largest absolute Gasteiger partial charge is 0.508 e. The fraction of sp³-hybridized carbons (Fsp3) is 0.0417. The van der Waals surface area contributed by atoms with Crippen LogP contribution in [-0.4, -0.2) is 32.4 Å². The highest BCUT2D eigenvalue weighted by atomic mass is 16.5. The number of nitrogens with one attached hydrogen (secondary N) is 3. The van der Waals surface area contributed by atoms with Gasteiger partial charge in [0.05, 0.1) is 7.11 Å². The average molecular weight is 424 g/mol. The van der Waals surface area contributed by atoms with Crippen molar-refractivity contribution in [2.24, 2.45) is 0 Å². The maximum absolute atomic E-state index is 9.62. The molecule has 8 nitrogen and oxygen atoms in total. The minimum atomic E-state index is 0.181. The van der Waals surface area contributed by atoms with Gasteiger partial charge in [-0.25, -0.2) is 9.97 Å². The van der Waals surface area contributed by atoms with Crippen molar-refractivity contribution in [3.63, 3.8) is 0 Å². The lowest BCUT2D eigenvalue weighted by Gasteiger charge is -2.11.